The minimum absolute atomic E-state index is 0.0265. The van der Waals surface area contributed by atoms with Crippen LogP contribution in [0.15, 0.2) is 40.1 Å². The van der Waals surface area contributed by atoms with E-state index in [9.17, 15) is 16.8 Å². The number of H-pyrrole nitrogens is 2. The lowest BCUT2D eigenvalue weighted by atomic mass is 9.98. The van der Waals surface area contributed by atoms with Crippen molar-refractivity contribution in [3.8, 4) is 22.5 Å². The highest BCUT2D eigenvalue weighted by atomic mass is 32.2. The molecule has 0 radical (unpaired) electrons. The van der Waals surface area contributed by atoms with E-state index in [4.69, 9.17) is 16.6 Å². The van der Waals surface area contributed by atoms with Gasteiger partial charge in [0.25, 0.3) is 0 Å². The van der Waals surface area contributed by atoms with E-state index in [1.54, 1.807) is 18.2 Å². The Morgan fingerprint density at radius 3 is 2.57 bits per heavy atom. The van der Waals surface area contributed by atoms with Crippen LogP contribution in [0.5, 0.6) is 0 Å². The van der Waals surface area contributed by atoms with Crippen LogP contribution in [0.25, 0.3) is 33.5 Å². The van der Waals surface area contributed by atoms with Gasteiger partial charge in [-0.15, -0.1) is 10.2 Å². The maximum absolute atomic E-state index is 13.6. The number of hydrogen-bond acceptors (Lipinski definition) is 10. The van der Waals surface area contributed by atoms with Gasteiger partial charge in [0.2, 0.25) is 25.9 Å². The number of imidazole rings is 1. The third-order valence-electron chi connectivity index (χ3n) is 6.00. The number of aromatic amines is 2. The minimum atomic E-state index is -4.61. The lowest BCUT2D eigenvalue weighted by Gasteiger charge is -2.21. The number of fused-ring (bicyclic) bond motifs is 1. The highest BCUT2D eigenvalue weighted by Gasteiger charge is 2.38. The second-order valence-corrected chi connectivity index (χ2v) is 11.6. The smallest absolute Gasteiger partial charge is 0.244 e. The molecule has 0 bridgehead atoms. The van der Waals surface area contributed by atoms with Crippen LogP contribution in [0, 0.1) is 5.92 Å². The molecule has 0 aliphatic carbocycles. The van der Waals surface area contributed by atoms with E-state index < -0.39 is 29.8 Å². The Hall–Kier alpha value is -3.44. The predicted molar refractivity (Wildman–Crippen MR) is 126 cm³/mol. The van der Waals surface area contributed by atoms with Gasteiger partial charge in [0, 0.05) is 18.7 Å². The molecule has 1 aliphatic heterocycles. The molecule has 0 spiro atoms. The number of benzene rings is 2. The second kappa shape index (κ2) is 8.35. The number of aromatic nitrogens is 6. The normalized spacial score (nSPS) is 17.4. The van der Waals surface area contributed by atoms with E-state index in [0.717, 1.165) is 0 Å². The first-order valence-corrected chi connectivity index (χ1v) is 13.5. The largest absolute Gasteiger partial charge is 0.369 e. The molecule has 1 saturated heterocycles. The second-order valence-electron chi connectivity index (χ2n) is 8.17. The number of nitrogen functional groups attached to an aromatic ring is 1. The van der Waals surface area contributed by atoms with Crippen molar-refractivity contribution in [2.75, 3.05) is 25.4 Å². The Balaban J connectivity index is 1.84. The first-order valence-electron chi connectivity index (χ1n) is 10.5. The monoisotopic (exact) mass is 518 g/mol. The van der Waals surface area contributed by atoms with Gasteiger partial charge in [0.15, 0.2) is 5.95 Å². The third-order valence-corrected chi connectivity index (χ3v) is 9.03. The highest BCUT2D eigenvalue weighted by Crippen LogP contribution is 2.41. The number of nitrogens with two attached hydrogens (primary N) is 3. The van der Waals surface area contributed by atoms with Gasteiger partial charge >= 0.3 is 0 Å². The molecule has 16 heteroatoms. The molecule has 2 aromatic carbocycles. The van der Waals surface area contributed by atoms with Gasteiger partial charge in [-0.3, -0.25) is 0 Å². The van der Waals surface area contributed by atoms with Gasteiger partial charge in [0.05, 0.1) is 16.6 Å². The number of hydrogen-bond donors (Lipinski definition) is 5. The molecule has 1 unspecified atom stereocenters. The summed E-state index contributed by atoms with van der Waals surface area (Å²) in [5, 5.41) is 19.3. The predicted octanol–water partition coefficient (Wildman–Crippen LogP) is -0.391. The Bertz CT molecular complexity index is 1630. The summed E-state index contributed by atoms with van der Waals surface area (Å²) in [4.78, 5) is 6.10. The quantitative estimate of drug-likeness (QED) is 0.222. The molecule has 5 rings (SSSR count). The van der Waals surface area contributed by atoms with Crippen molar-refractivity contribution in [2.24, 2.45) is 16.8 Å². The lowest BCUT2D eigenvalue weighted by Crippen LogP contribution is -2.32. The highest BCUT2D eigenvalue weighted by molar-refractivity contribution is 7.92. The Labute approximate surface area is 200 Å². The van der Waals surface area contributed by atoms with E-state index in [-0.39, 0.29) is 41.9 Å². The fourth-order valence-corrected chi connectivity index (χ4v) is 7.48. The number of anilines is 1. The summed E-state index contributed by atoms with van der Waals surface area (Å²) in [5.41, 5.74) is 13.2. The Morgan fingerprint density at radius 2 is 1.91 bits per heavy atom. The van der Waals surface area contributed by atoms with Crippen molar-refractivity contribution in [2.45, 2.75) is 16.2 Å². The molecule has 1 fully saturated rings. The van der Waals surface area contributed by atoms with Gasteiger partial charge in [-0.25, -0.2) is 27.0 Å². The van der Waals surface area contributed by atoms with Gasteiger partial charge in [0.1, 0.15) is 9.79 Å². The van der Waals surface area contributed by atoms with E-state index >= 15 is 0 Å². The van der Waals surface area contributed by atoms with Crippen molar-refractivity contribution < 1.29 is 16.8 Å². The molecule has 2 aromatic heterocycles. The van der Waals surface area contributed by atoms with Crippen LogP contribution in [0.4, 0.5) is 5.95 Å². The third kappa shape index (κ3) is 3.94. The SMILES string of the molecule is NCC1CCN(S(=O)(=O)c2ccc(-c3cccc4[nH]c(N)nc34)c(-c3nn[nH]n3)c2S(N)(=O)=O)C1. The van der Waals surface area contributed by atoms with Crippen LogP contribution in [0.1, 0.15) is 6.42 Å². The number of primary sulfonamides is 1. The molecule has 4 aromatic rings. The zero-order valence-electron chi connectivity index (χ0n) is 18.2. The number of rotatable bonds is 6. The van der Waals surface area contributed by atoms with E-state index in [1.165, 1.54) is 16.4 Å². The molecule has 0 saturated carbocycles. The first-order chi connectivity index (χ1) is 16.6. The molecule has 3 heterocycles. The average Bonchev–Trinajstić information content (AvgIpc) is 3.57. The molecule has 0 amide bonds. The van der Waals surface area contributed by atoms with Crippen LogP contribution in [-0.4, -0.2) is 71.4 Å². The van der Waals surface area contributed by atoms with Crippen molar-refractivity contribution in [3.05, 3.63) is 30.3 Å². The number of nitrogens with zero attached hydrogens (tertiary/aromatic N) is 5. The molecule has 35 heavy (non-hydrogen) atoms. The Morgan fingerprint density at radius 1 is 1.11 bits per heavy atom. The molecule has 14 nitrogen and oxygen atoms in total. The van der Waals surface area contributed by atoms with Gasteiger partial charge in [-0.05, 0) is 41.8 Å². The summed E-state index contributed by atoms with van der Waals surface area (Å²) in [5.74, 6) is -0.0212. The summed E-state index contributed by atoms with van der Waals surface area (Å²) in [6.07, 6.45) is 0.568. The maximum Gasteiger partial charge on any atom is 0.244 e. The fraction of sp³-hybridized carbons (Fsp3) is 0.263. The van der Waals surface area contributed by atoms with Crippen molar-refractivity contribution >= 4 is 37.0 Å². The lowest BCUT2D eigenvalue weighted by molar-refractivity contribution is 0.457. The van der Waals surface area contributed by atoms with Crippen molar-refractivity contribution in [3.63, 3.8) is 0 Å². The van der Waals surface area contributed by atoms with Crippen LogP contribution in [-0.2, 0) is 20.0 Å². The number of tetrazole rings is 1. The molecule has 1 aliphatic rings. The summed E-state index contributed by atoms with van der Waals surface area (Å²) < 4.78 is 54.3. The van der Waals surface area contributed by atoms with Crippen molar-refractivity contribution in [1.82, 2.24) is 34.9 Å². The molecular weight excluding hydrogens is 496 g/mol. The zero-order valence-corrected chi connectivity index (χ0v) is 19.8. The number of nitrogens with one attached hydrogen (secondary N) is 2. The van der Waals surface area contributed by atoms with Crippen LogP contribution < -0.4 is 16.6 Å². The summed E-state index contributed by atoms with van der Waals surface area (Å²) >= 11 is 0. The van der Waals surface area contributed by atoms with Gasteiger partial charge < -0.3 is 16.5 Å². The molecule has 184 valence electrons. The van der Waals surface area contributed by atoms with Crippen LogP contribution in [0.2, 0.25) is 0 Å². The zero-order chi connectivity index (χ0) is 25.0. The Kier molecular flexibility index (Phi) is 5.56. The number of sulfonamides is 2. The van der Waals surface area contributed by atoms with Crippen LogP contribution >= 0.6 is 0 Å². The molecule has 1 atom stereocenters. The standard InChI is InChI=1S/C19H22N10O4S2/c20-8-10-6-7-29(9-10)35(32,33)14-5-4-11(12-2-1-3-13-16(12)24-19(21)23-13)15(17(14)34(22,30)31)18-25-27-28-26-18/h1-5,10H,6-9,20H2,(H3,21,23,24)(H2,22,30,31)(H,25,26,27,28). The maximum atomic E-state index is 13.6. The van der Waals surface area contributed by atoms with E-state index in [2.05, 4.69) is 30.6 Å². The van der Waals surface area contributed by atoms with Crippen molar-refractivity contribution in [1.29, 1.82) is 0 Å². The average molecular weight is 519 g/mol. The summed E-state index contributed by atoms with van der Waals surface area (Å²) in [7, 11) is -8.86. The van der Waals surface area contributed by atoms with Gasteiger partial charge in [-0.1, -0.05) is 18.2 Å². The number of para-hydroxylation sites is 1. The minimum Gasteiger partial charge on any atom is -0.369 e. The molecule has 8 N–H and O–H groups in total. The summed E-state index contributed by atoms with van der Waals surface area (Å²) in [6, 6.07) is 7.85. The van der Waals surface area contributed by atoms with Gasteiger partial charge in [-0.2, -0.15) is 9.52 Å². The van der Waals surface area contributed by atoms with Crippen LogP contribution in [0.3, 0.4) is 0 Å². The fourth-order valence-electron chi connectivity index (χ4n) is 4.38. The molecular formula is C19H22N10O4S2. The van der Waals surface area contributed by atoms with E-state index in [0.29, 0.717) is 29.6 Å². The van der Waals surface area contributed by atoms with E-state index in [1.807, 2.05) is 0 Å². The topological polar surface area (TPSA) is 233 Å². The first kappa shape index (κ1) is 23.3. The summed E-state index contributed by atoms with van der Waals surface area (Å²) in [6.45, 7) is 0.700.